The second-order valence-corrected chi connectivity index (χ2v) is 4.78. The molecule has 23 heavy (non-hydrogen) atoms. The monoisotopic (exact) mass is 343 g/mol. The molecule has 0 fully saturated rings. The molecule has 0 heterocycles. The number of benzene rings is 1. The summed E-state index contributed by atoms with van der Waals surface area (Å²) in [5.74, 6) is -2.11. The maximum absolute atomic E-state index is 13.3. The third-order valence-corrected chi connectivity index (χ3v) is 3.14. The van der Waals surface area contributed by atoms with Crippen LogP contribution in [-0.4, -0.2) is 31.7 Å². The molecule has 0 amide bonds. The van der Waals surface area contributed by atoms with E-state index in [-0.39, 0.29) is 23.8 Å². The van der Waals surface area contributed by atoms with Gasteiger partial charge in [0.1, 0.15) is 5.82 Å². The summed E-state index contributed by atoms with van der Waals surface area (Å²) < 4.78 is 23.0. The lowest BCUT2D eigenvalue weighted by atomic mass is 10.2. The molecular formula is C16H19ClFNO4. The Morgan fingerprint density at radius 1 is 1.17 bits per heavy atom. The zero-order valence-electron chi connectivity index (χ0n) is 13.3. The van der Waals surface area contributed by atoms with E-state index >= 15 is 0 Å². The minimum absolute atomic E-state index is 0.0526. The average molecular weight is 344 g/mol. The lowest BCUT2D eigenvalue weighted by Gasteiger charge is -2.20. The van der Waals surface area contributed by atoms with Gasteiger partial charge in [-0.15, -0.1) is 0 Å². The number of ether oxygens (including phenoxy) is 2. The Hall–Kier alpha value is -2.08. The van der Waals surface area contributed by atoms with Gasteiger partial charge in [-0.3, -0.25) is 0 Å². The highest BCUT2D eigenvalue weighted by Crippen LogP contribution is 2.23. The molecule has 0 aromatic heterocycles. The number of nitrogens with zero attached hydrogens (tertiary/aromatic N) is 1. The quantitative estimate of drug-likeness (QED) is 0.329. The first-order valence-corrected chi connectivity index (χ1v) is 7.60. The van der Waals surface area contributed by atoms with E-state index in [1.54, 1.807) is 18.7 Å². The molecule has 0 unspecified atom stereocenters. The minimum Gasteiger partial charge on any atom is -0.462 e. The summed E-state index contributed by atoms with van der Waals surface area (Å²) in [5, 5.41) is -0.0526. The van der Waals surface area contributed by atoms with Gasteiger partial charge in [-0.25, -0.2) is 14.0 Å². The van der Waals surface area contributed by atoms with Crippen LogP contribution in [0.5, 0.6) is 0 Å². The van der Waals surface area contributed by atoms with Crippen molar-refractivity contribution in [2.24, 2.45) is 0 Å². The summed E-state index contributed by atoms with van der Waals surface area (Å²) in [6.07, 6.45) is 1.32. The van der Waals surface area contributed by atoms with Gasteiger partial charge in [-0.1, -0.05) is 11.6 Å². The second-order valence-electron chi connectivity index (χ2n) is 4.37. The summed E-state index contributed by atoms with van der Waals surface area (Å²) in [6, 6.07) is 4.11. The van der Waals surface area contributed by atoms with Gasteiger partial charge in [0.25, 0.3) is 0 Å². The molecule has 1 aromatic rings. The first kappa shape index (κ1) is 19.0. The first-order valence-electron chi connectivity index (χ1n) is 7.22. The molecule has 126 valence electrons. The van der Waals surface area contributed by atoms with Crippen LogP contribution in [0.25, 0.3) is 0 Å². The summed E-state index contributed by atoms with van der Waals surface area (Å²) in [7, 11) is 0. The van der Waals surface area contributed by atoms with Crippen LogP contribution >= 0.6 is 11.6 Å². The molecule has 5 nitrogen and oxygen atoms in total. The number of anilines is 1. The zero-order valence-corrected chi connectivity index (χ0v) is 14.0. The fourth-order valence-corrected chi connectivity index (χ4v) is 1.95. The van der Waals surface area contributed by atoms with Crippen molar-refractivity contribution in [3.63, 3.8) is 0 Å². The number of halogens is 2. The van der Waals surface area contributed by atoms with Crippen LogP contribution in [0, 0.1) is 5.82 Å². The van der Waals surface area contributed by atoms with E-state index in [2.05, 4.69) is 0 Å². The average Bonchev–Trinajstić information content (AvgIpc) is 2.51. The molecule has 7 heteroatoms. The number of rotatable bonds is 7. The summed E-state index contributed by atoms with van der Waals surface area (Å²) >= 11 is 5.77. The van der Waals surface area contributed by atoms with Crippen molar-refractivity contribution < 1.29 is 23.5 Å². The molecule has 0 aliphatic rings. The molecule has 1 aromatic carbocycles. The molecule has 0 bridgehead atoms. The Labute approximate surface area is 139 Å². The molecule has 0 saturated heterocycles. The Morgan fingerprint density at radius 3 is 2.17 bits per heavy atom. The van der Waals surface area contributed by atoms with Gasteiger partial charge in [-0.2, -0.15) is 0 Å². The van der Waals surface area contributed by atoms with E-state index in [4.69, 9.17) is 21.1 Å². The fraction of sp³-hybridized carbons (Fsp3) is 0.375. The first-order chi connectivity index (χ1) is 10.9. The van der Waals surface area contributed by atoms with Crippen molar-refractivity contribution in [1.29, 1.82) is 0 Å². The van der Waals surface area contributed by atoms with Crippen molar-refractivity contribution in [3.8, 4) is 0 Å². The molecule has 1 rings (SSSR count). The van der Waals surface area contributed by atoms with E-state index in [0.717, 1.165) is 0 Å². The predicted octanol–water partition coefficient (Wildman–Crippen LogP) is 3.32. The highest BCUT2D eigenvalue weighted by atomic mass is 35.5. The van der Waals surface area contributed by atoms with Crippen LogP contribution in [0.4, 0.5) is 10.1 Å². The molecular weight excluding hydrogens is 325 g/mol. The zero-order chi connectivity index (χ0) is 17.4. The number of hydrogen-bond donors (Lipinski definition) is 0. The van der Waals surface area contributed by atoms with Gasteiger partial charge in [0, 0.05) is 18.4 Å². The Bertz CT molecular complexity index is 584. The van der Waals surface area contributed by atoms with E-state index in [1.165, 1.54) is 24.4 Å². The van der Waals surface area contributed by atoms with Gasteiger partial charge < -0.3 is 14.4 Å². The van der Waals surface area contributed by atoms with Crippen molar-refractivity contribution in [2.75, 3.05) is 24.7 Å². The van der Waals surface area contributed by atoms with E-state index in [0.29, 0.717) is 12.2 Å². The maximum Gasteiger partial charge on any atom is 0.347 e. The standard InChI is InChI=1S/C16H19ClFNO4/c1-4-19(11-7-8-14(18)13(17)9-11)10-12(15(20)22-5-2)16(21)23-6-3/h7-10H,4-6H2,1-3H3. The molecule has 0 atom stereocenters. The third-order valence-electron chi connectivity index (χ3n) is 2.85. The van der Waals surface area contributed by atoms with E-state index in [1.807, 2.05) is 6.92 Å². The Balaban J connectivity index is 3.20. The van der Waals surface area contributed by atoms with E-state index in [9.17, 15) is 14.0 Å². The van der Waals surface area contributed by atoms with Gasteiger partial charge in [0.05, 0.1) is 18.2 Å². The van der Waals surface area contributed by atoms with Crippen molar-refractivity contribution in [2.45, 2.75) is 20.8 Å². The second kappa shape index (κ2) is 9.15. The minimum atomic E-state index is -0.780. The topological polar surface area (TPSA) is 55.8 Å². The third kappa shape index (κ3) is 5.25. The van der Waals surface area contributed by atoms with Crippen molar-refractivity contribution in [1.82, 2.24) is 0 Å². The number of carbonyl (C=O) groups is 2. The van der Waals surface area contributed by atoms with Crippen LogP contribution in [0.3, 0.4) is 0 Å². The van der Waals surface area contributed by atoms with Crippen LogP contribution in [0.1, 0.15) is 20.8 Å². The highest BCUT2D eigenvalue weighted by molar-refractivity contribution is 6.31. The van der Waals surface area contributed by atoms with Gasteiger partial charge in [-0.05, 0) is 39.0 Å². The van der Waals surface area contributed by atoms with E-state index < -0.39 is 17.8 Å². The normalized spacial score (nSPS) is 9.96. The smallest absolute Gasteiger partial charge is 0.347 e. The summed E-state index contributed by atoms with van der Waals surface area (Å²) in [5.41, 5.74) is 0.293. The lowest BCUT2D eigenvalue weighted by Crippen LogP contribution is -2.24. The summed E-state index contributed by atoms with van der Waals surface area (Å²) in [4.78, 5) is 25.5. The van der Waals surface area contributed by atoms with Crippen LogP contribution in [-0.2, 0) is 19.1 Å². The lowest BCUT2D eigenvalue weighted by molar-refractivity contribution is -0.146. The maximum atomic E-state index is 13.3. The number of hydrogen-bond acceptors (Lipinski definition) is 5. The van der Waals surface area contributed by atoms with Gasteiger partial charge >= 0.3 is 11.9 Å². The predicted molar refractivity (Wildman–Crippen MR) is 85.8 cm³/mol. The Kier molecular flexibility index (Phi) is 7.54. The van der Waals surface area contributed by atoms with Crippen LogP contribution in [0.15, 0.2) is 30.0 Å². The molecule has 0 aliphatic carbocycles. The van der Waals surface area contributed by atoms with Crippen LogP contribution < -0.4 is 4.90 Å². The number of carbonyl (C=O) groups excluding carboxylic acids is 2. The molecule has 0 spiro atoms. The summed E-state index contributed by atoms with van der Waals surface area (Å²) in [6.45, 7) is 5.76. The molecule has 0 radical (unpaired) electrons. The molecule has 0 saturated carbocycles. The highest BCUT2D eigenvalue weighted by Gasteiger charge is 2.22. The largest absolute Gasteiger partial charge is 0.462 e. The van der Waals surface area contributed by atoms with Gasteiger partial charge in [0.2, 0.25) is 0 Å². The SMILES string of the molecule is CCOC(=O)C(=CN(CC)c1ccc(F)c(Cl)c1)C(=O)OCC. The molecule has 0 N–H and O–H groups in total. The van der Waals surface area contributed by atoms with Crippen LogP contribution in [0.2, 0.25) is 5.02 Å². The van der Waals surface area contributed by atoms with Crippen molar-refractivity contribution in [3.05, 3.63) is 40.8 Å². The molecule has 0 aliphatic heterocycles. The fourth-order valence-electron chi connectivity index (χ4n) is 1.77. The van der Waals surface area contributed by atoms with Gasteiger partial charge in [0.15, 0.2) is 5.57 Å². The number of esters is 2. The van der Waals surface area contributed by atoms with Crippen molar-refractivity contribution >= 4 is 29.2 Å². The Morgan fingerprint density at radius 2 is 1.74 bits per heavy atom.